The van der Waals surface area contributed by atoms with Gasteiger partial charge in [-0.1, -0.05) is 11.8 Å². The second-order valence-electron chi connectivity index (χ2n) is 4.31. The van der Waals surface area contributed by atoms with Crippen molar-refractivity contribution >= 4 is 23.2 Å². The van der Waals surface area contributed by atoms with Gasteiger partial charge in [0.05, 0.1) is 24.1 Å². The SMILES string of the molecule is COC(=O)CN(C(=O)c1csc(C#CCN)c1)C(C)C. The van der Waals surface area contributed by atoms with Crippen molar-refractivity contribution in [3.63, 3.8) is 0 Å². The molecule has 0 atom stereocenters. The van der Waals surface area contributed by atoms with Crippen LogP contribution in [0.3, 0.4) is 0 Å². The summed E-state index contributed by atoms with van der Waals surface area (Å²) in [6.07, 6.45) is 0. The fourth-order valence-electron chi connectivity index (χ4n) is 1.51. The van der Waals surface area contributed by atoms with Crippen LogP contribution in [0.1, 0.15) is 29.1 Å². The van der Waals surface area contributed by atoms with E-state index in [1.54, 1.807) is 11.4 Å². The summed E-state index contributed by atoms with van der Waals surface area (Å²) < 4.78 is 4.61. The number of amides is 1. The van der Waals surface area contributed by atoms with E-state index in [-0.39, 0.29) is 25.0 Å². The van der Waals surface area contributed by atoms with E-state index in [4.69, 9.17) is 5.73 Å². The summed E-state index contributed by atoms with van der Waals surface area (Å²) >= 11 is 1.38. The van der Waals surface area contributed by atoms with Crippen LogP contribution in [0.4, 0.5) is 0 Å². The third-order valence-corrected chi connectivity index (χ3v) is 3.42. The maximum absolute atomic E-state index is 12.4. The molecule has 5 nitrogen and oxygen atoms in total. The average molecular weight is 294 g/mol. The third-order valence-electron chi connectivity index (χ3n) is 2.57. The Hall–Kier alpha value is -1.84. The van der Waals surface area contributed by atoms with Crippen molar-refractivity contribution in [2.24, 2.45) is 5.73 Å². The second-order valence-corrected chi connectivity index (χ2v) is 5.22. The Morgan fingerprint density at radius 2 is 2.20 bits per heavy atom. The first-order valence-corrected chi connectivity index (χ1v) is 7.02. The van der Waals surface area contributed by atoms with E-state index in [9.17, 15) is 9.59 Å². The number of hydrogen-bond donors (Lipinski definition) is 1. The number of carbonyl (C=O) groups is 2. The number of hydrogen-bond acceptors (Lipinski definition) is 5. The predicted octanol–water partition coefficient (Wildman–Crippen LogP) is 1.08. The Morgan fingerprint density at radius 3 is 2.75 bits per heavy atom. The molecule has 1 amide bonds. The van der Waals surface area contributed by atoms with Crippen LogP contribution in [0.25, 0.3) is 0 Å². The monoisotopic (exact) mass is 294 g/mol. The van der Waals surface area contributed by atoms with Crippen molar-refractivity contribution in [2.75, 3.05) is 20.2 Å². The van der Waals surface area contributed by atoms with Crippen molar-refractivity contribution in [3.05, 3.63) is 21.9 Å². The van der Waals surface area contributed by atoms with E-state index in [1.165, 1.54) is 23.3 Å². The zero-order valence-corrected chi connectivity index (χ0v) is 12.6. The number of carbonyl (C=O) groups excluding carboxylic acids is 2. The van der Waals surface area contributed by atoms with Crippen LogP contribution in [0.5, 0.6) is 0 Å². The predicted molar refractivity (Wildman–Crippen MR) is 78.4 cm³/mol. The lowest BCUT2D eigenvalue weighted by atomic mass is 10.2. The Balaban J connectivity index is 2.89. The molecule has 1 aromatic heterocycles. The van der Waals surface area contributed by atoms with Crippen molar-refractivity contribution in [1.29, 1.82) is 0 Å². The minimum absolute atomic E-state index is 0.0628. The molecule has 20 heavy (non-hydrogen) atoms. The number of methoxy groups -OCH3 is 1. The van der Waals surface area contributed by atoms with E-state index in [2.05, 4.69) is 16.6 Å². The average Bonchev–Trinajstić information content (AvgIpc) is 2.89. The normalized spacial score (nSPS) is 9.85. The lowest BCUT2D eigenvalue weighted by molar-refractivity contribution is -0.141. The summed E-state index contributed by atoms with van der Waals surface area (Å²) in [5.41, 5.74) is 5.83. The molecule has 0 bridgehead atoms. The molecule has 0 aromatic carbocycles. The van der Waals surface area contributed by atoms with Crippen LogP contribution in [0.2, 0.25) is 0 Å². The number of nitrogens with zero attached hydrogens (tertiary/aromatic N) is 1. The van der Waals surface area contributed by atoms with E-state index in [1.807, 2.05) is 13.8 Å². The fourth-order valence-corrected chi connectivity index (χ4v) is 2.26. The van der Waals surface area contributed by atoms with Crippen LogP contribution >= 0.6 is 11.3 Å². The first-order chi connectivity index (χ1) is 9.49. The van der Waals surface area contributed by atoms with Gasteiger partial charge in [0.2, 0.25) is 0 Å². The first-order valence-electron chi connectivity index (χ1n) is 6.14. The highest BCUT2D eigenvalue weighted by Gasteiger charge is 2.22. The summed E-state index contributed by atoms with van der Waals surface area (Å²) in [5.74, 6) is 4.97. The molecule has 0 saturated carbocycles. The lowest BCUT2D eigenvalue weighted by Gasteiger charge is -2.25. The quantitative estimate of drug-likeness (QED) is 0.666. The molecular weight excluding hydrogens is 276 g/mol. The minimum Gasteiger partial charge on any atom is -0.468 e. The lowest BCUT2D eigenvalue weighted by Crippen LogP contribution is -2.40. The highest BCUT2D eigenvalue weighted by molar-refractivity contribution is 7.10. The van der Waals surface area contributed by atoms with Gasteiger partial charge in [-0.3, -0.25) is 9.59 Å². The Labute approximate surface area is 122 Å². The van der Waals surface area contributed by atoms with Crippen molar-refractivity contribution in [2.45, 2.75) is 19.9 Å². The summed E-state index contributed by atoms with van der Waals surface area (Å²) in [5, 5.41) is 1.73. The highest BCUT2D eigenvalue weighted by atomic mass is 32.1. The van der Waals surface area contributed by atoms with Gasteiger partial charge in [0.25, 0.3) is 5.91 Å². The molecular formula is C14H18N2O3S. The number of thiophene rings is 1. The van der Waals surface area contributed by atoms with Crippen LogP contribution in [0, 0.1) is 11.8 Å². The van der Waals surface area contributed by atoms with Gasteiger partial charge in [0.1, 0.15) is 6.54 Å². The molecule has 2 N–H and O–H groups in total. The zero-order chi connectivity index (χ0) is 15.1. The molecule has 0 aliphatic carbocycles. The molecule has 0 radical (unpaired) electrons. The van der Waals surface area contributed by atoms with Gasteiger partial charge in [-0.05, 0) is 19.9 Å². The fraction of sp³-hybridized carbons (Fsp3) is 0.429. The van der Waals surface area contributed by atoms with Crippen LogP contribution in [-0.2, 0) is 9.53 Å². The smallest absolute Gasteiger partial charge is 0.325 e. The number of rotatable bonds is 4. The van der Waals surface area contributed by atoms with Crippen molar-refractivity contribution in [3.8, 4) is 11.8 Å². The van der Waals surface area contributed by atoms with E-state index in [0.717, 1.165) is 4.88 Å². The molecule has 1 rings (SSSR count). The third kappa shape index (κ3) is 4.37. The Morgan fingerprint density at radius 1 is 1.50 bits per heavy atom. The molecule has 0 fully saturated rings. The van der Waals surface area contributed by atoms with E-state index >= 15 is 0 Å². The Bertz CT molecular complexity index is 540. The first kappa shape index (κ1) is 16.2. The minimum atomic E-state index is -0.439. The van der Waals surface area contributed by atoms with Gasteiger partial charge < -0.3 is 15.4 Å². The number of ether oxygens (including phenoxy) is 1. The van der Waals surface area contributed by atoms with Gasteiger partial charge in [0.15, 0.2) is 0 Å². The summed E-state index contributed by atoms with van der Waals surface area (Å²) in [7, 11) is 1.30. The van der Waals surface area contributed by atoms with Gasteiger partial charge >= 0.3 is 5.97 Å². The van der Waals surface area contributed by atoms with Crippen molar-refractivity contribution in [1.82, 2.24) is 4.90 Å². The largest absolute Gasteiger partial charge is 0.468 e. The summed E-state index contributed by atoms with van der Waals surface area (Å²) in [6.45, 7) is 3.92. The molecule has 0 aliphatic rings. The maximum Gasteiger partial charge on any atom is 0.325 e. The van der Waals surface area contributed by atoms with Gasteiger partial charge in [-0.25, -0.2) is 0 Å². The Kier molecular flexibility index (Phi) is 6.22. The molecule has 0 aliphatic heterocycles. The second kappa shape index (κ2) is 7.68. The molecule has 1 heterocycles. The van der Waals surface area contributed by atoms with Gasteiger partial charge in [0, 0.05) is 11.4 Å². The molecule has 6 heteroatoms. The van der Waals surface area contributed by atoms with E-state index in [0.29, 0.717) is 5.56 Å². The van der Waals surface area contributed by atoms with Crippen LogP contribution in [0.15, 0.2) is 11.4 Å². The molecule has 0 unspecified atom stereocenters. The number of esters is 1. The molecule has 0 spiro atoms. The van der Waals surface area contributed by atoms with E-state index < -0.39 is 5.97 Å². The summed E-state index contributed by atoms with van der Waals surface area (Å²) in [4.78, 5) is 26.0. The van der Waals surface area contributed by atoms with Gasteiger partial charge in [-0.2, -0.15) is 0 Å². The molecule has 108 valence electrons. The maximum atomic E-state index is 12.4. The molecule has 1 aromatic rings. The van der Waals surface area contributed by atoms with Gasteiger partial charge in [-0.15, -0.1) is 11.3 Å². The molecule has 0 saturated heterocycles. The number of nitrogens with two attached hydrogens (primary N) is 1. The standard InChI is InChI=1S/C14H18N2O3S/c1-10(2)16(8-13(17)19-3)14(18)11-7-12(20-9-11)5-4-6-15/h7,9-10H,6,8,15H2,1-3H3. The van der Waals surface area contributed by atoms with Crippen molar-refractivity contribution < 1.29 is 14.3 Å². The summed E-state index contributed by atoms with van der Waals surface area (Å²) in [6, 6.07) is 1.61. The highest BCUT2D eigenvalue weighted by Crippen LogP contribution is 2.16. The van der Waals surface area contributed by atoms with Crippen LogP contribution < -0.4 is 5.73 Å². The zero-order valence-electron chi connectivity index (χ0n) is 11.8. The van der Waals surface area contributed by atoms with Crippen LogP contribution in [-0.4, -0.2) is 43.0 Å². The topological polar surface area (TPSA) is 72.6 Å².